The molecule has 23 heavy (non-hydrogen) atoms. The van der Waals surface area contributed by atoms with Crippen molar-refractivity contribution < 1.29 is 9.90 Å². The Morgan fingerprint density at radius 3 is 2.61 bits per heavy atom. The number of fused-ring (bicyclic) bond motifs is 1. The van der Waals surface area contributed by atoms with Gasteiger partial charge in [0.2, 0.25) is 0 Å². The fraction of sp³-hybridized carbons (Fsp3) is 0.529. The van der Waals surface area contributed by atoms with Crippen molar-refractivity contribution in [1.29, 1.82) is 0 Å². The van der Waals surface area contributed by atoms with Gasteiger partial charge in [-0.3, -0.25) is 0 Å². The van der Waals surface area contributed by atoms with Gasteiger partial charge < -0.3 is 20.3 Å². The van der Waals surface area contributed by atoms with Gasteiger partial charge in [0.25, 0.3) is 0 Å². The summed E-state index contributed by atoms with van der Waals surface area (Å²) in [6.07, 6.45) is 0.499. The first kappa shape index (κ1) is 17.3. The number of amides is 1. The summed E-state index contributed by atoms with van der Waals surface area (Å²) in [7, 11) is 1.96. The summed E-state index contributed by atoms with van der Waals surface area (Å²) in [6, 6.07) is 7.72. The molecule has 126 valence electrons. The van der Waals surface area contributed by atoms with Crippen LogP contribution in [0.5, 0.6) is 0 Å². The summed E-state index contributed by atoms with van der Waals surface area (Å²) in [5, 5.41) is 9.31. The van der Waals surface area contributed by atoms with Crippen LogP contribution in [0, 0.1) is 0 Å². The summed E-state index contributed by atoms with van der Waals surface area (Å²) >= 11 is 0. The predicted molar refractivity (Wildman–Crippen MR) is 91.4 cm³/mol. The second kappa shape index (κ2) is 6.58. The third-order valence-electron chi connectivity index (χ3n) is 4.09. The lowest BCUT2D eigenvalue weighted by atomic mass is 10.1. The van der Waals surface area contributed by atoms with Crippen LogP contribution in [0.25, 0.3) is 11.0 Å². The monoisotopic (exact) mass is 318 g/mol. The number of rotatable bonds is 5. The Kier molecular flexibility index (Phi) is 4.94. The zero-order chi connectivity index (χ0) is 17.2. The largest absolute Gasteiger partial charge is 0.465 e. The Bertz CT molecular complexity index is 687. The molecule has 2 rings (SSSR count). The van der Waals surface area contributed by atoms with Crippen molar-refractivity contribution in [2.75, 3.05) is 6.54 Å². The maximum Gasteiger partial charge on any atom is 0.407 e. The standard InChI is InChI=1S/C17H26N4O2/c1-17(2,3)21(16(22)23)11-7-8-12(18)15-19-13-9-5-6-10-14(13)20(15)4/h5-6,9-10,12H,7-8,11,18H2,1-4H3,(H,22,23). The van der Waals surface area contributed by atoms with Gasteiger partial charge in [0, 0.05) is 19.1 Å². The molecule has 0 saturated heterocycles. The molecule has 0 aliphatic rings. The van der Waals surface area contributed by atoms with Crippen LogP contribution in [0.15, 0.2) is 24.3 Å². The maximum absolute atomic E-state index is 11.3. The van der Waals surface area contributed by atoms with Crippen LogP contribution in [-0.4, -0.2) is 37.7 Å². The Morgan fingerprint density at radius 2 is 2.04 bits per heavy atom. The van der Waals surface area contributed by atoms with E-state index in [1.165, 1.54) is 4.90 Å². The number of para-hydroxylation sites is 2. The molecule has 0 spiro atoms. The number of imidazole rings is 1. The normalized spacial score (nSPS) is 13.3. The molecule has 0 fully saturated rings. The third kappa shape index (κ3) is 3.82. The Morgan fingerprint density at radius 1 is 1.39 bits per heavy atom. The van der Waals surface area contributed by atoms with Crippen LogP contribution >= 0.6 is 0 Å². The lowest BCUT2D eigenvalue weighted by Crippen LogP contribution is -2.45. The molecule has 0 bridgehead atoms. The highest BCUT2D eigenvalue weighted by molar-refractivity contribution is 5.75. The molecule has 0 saturated carbocycles. The fourth-order valence-corrected chi connectivity index (χ4v) is 2.81. The molecule has 0 radical (unpaired) electrons. The molecule has 1 aromatic carbocycles. The first-order valence-corrected chi connectivity index (χ1v) is 7.89. The number of nitrogens with two attached hydrogens (primary N) is 1. The van der Waals surface area contributed by atoms with E-state index in [2.05, 4.69) is 4.98 Å². The quantitative estimate of drug-likeness (QED) is 0.887. The van der Waals surface area contributed by atoms with Gasteiger partial charge in [0.1, 0.15) is 5.82 Å². The molecule has 1 unspecified atom stereocenters. The number of hydrogen-bond donors (Lipinski definition) is 2. The van der Waals surface area contributed by atoms with E-state index in [4.69, 9.17) is 5.73 Å². The molecule has 6 nitrogen and oxygen atoms in total. The zero-order valence-corrected chi connectivity index (χ0v) is 14.3. The topological polar surface area (TPSA) is 84.4 Å². The maximum atomic E-state index is 11.3. The average molecular weight is 318 g/mol. The van der Waals surface area contributed by atoms with Crippen LogP contribution in [-0.2, 0) is 7.05 Å². The van der Waals surface area contributed by atoms with Crippen molar-refractivity contribution in [2.24, 2.45) is 12.8 Å². The summed E-state index contributed by atoms with van der Waals surface area (Å²) in [6.45, 7) is 6.15. The van der Waals surface area contributed by atoms with Gasteiger partial charge in [-0.15, -0.1) is 0 Å². The van der Waals surface area contributed by atoms with E-state index >= 15 is 0 Å². The molecule has 0 aliphatic carbocycles. The van der Waals surface area contributed by atoms with Gasteiger partial charge in [0.15, 0.2) is 0 Å². The minimum atomic E-state index is -0.895. The van der Waals surface area contributed by atoms with E-state index in [0.29, 0.717) is 19.4 Å². The number of nitrogens with zero attached hydrogens (tertiary/aromatic N) is 3. The lowest BCUT2D eigenvalue weighted by Gasteiger charge is -2.33. The average Bonchev–Trinajstić information content (AvgIpc) is 2.79. The second-order valence-electron chi connectivity index (χ2n) is 6.87. The number of benzene rings is 1. The van der Waals surface area contributed by atoms with Crippen LogP contribution in [0.2, 0.25) is 0 Å². The Hall–Kier alpha value is -2.08. The summed E-state index contributed by atoms with van der Waals surface area (Å²) in [5.41, 5.74) is 7.86. The molecule has 1 heterocycles. The molecule has 3 N–H and O–H groups in total. The van der Waals surface area contributed by atoms with Gasteiger partial charge in [-0.1, -0.05) is 12.1 Å². The SMILES string of the molecule is Cn1c(C(N)CCCN(C(=O)O)C(C)(C)C)nc2ccccc21. The van der Waals surface area contributed by atoms with Gasteiger partial charge >= 0.3 is 6.09 Å². The highest BCUT2D eigenvalue weighted by atomic mass is 16.4. The Labute approximate surface area is 136 Å². The third-order valence-corrected chi connectivity index (χ3v) is 4.09. The van der Waals surface area contributed by atoms with E-state index in [-0.39, 0.29) is 6.04 Å². The van der Waals surface area contributed by atoms with Crippen molar-refractivity contribution in [3.8, 4) is 0 Å². The number of aromatic nitrogens is 2. The number of carbonyl (C=O) groups is 1. The summed E-state index contributed by atoms with van der Waals surface area (Å²) in [4.78, 5) is 17.4. The highest BCUT2D eigenvalue weighted by Gasteiger charge is 2.25. The number of hydrogen-bond acceptors (Lipinski definition) is 3. The highest BCUT2D eigenvalue weighted by Crippen LogP contribution is 2.22. The summed E-state index contributed by atoms with van der Waals surface area (Å²) < 4.78 is 2.01. The van der Waals surface area contributed by atoms with E-state index in [0.717, 1.165) is 16.9 Å². The number of carboxylic acid groups (broad SMARTS) is 1. The zero-order valence-electron chi connectivity index (χ0n) is 14.3. The molecule has 0 aliphatic heterocycles. The van der Waals surface area contributed by atoms with E-state index < -0.39 is 11.6 Å². The van der Waals surface area contributed by atoms with E-state index in [9.17, 15) is 9.90 Å². The molecule has 2 aromatic rings. The van der Waals surface area contributed by atoms with Crippen molar-refractivity contribution in [3.05, 3.63) is 30.1 Å². The Balaban J connectivity index is 2.03. The predicted octanol–water partition coefficient (Wildman–Crippen LogP) is 3.13. The van der Waals surface area contributed by atoms with Gasteiger partial charge in [-0.05, 0) is 45.7 Å². The van der Waals surface area contributed by atoms with Crippen molar-refractivity contribution in [2.45, 2.75) is 45.2 Å². The van der Waals surface area contributed by atoms with Gasteiger partial charge in [-0.2, -0.15) is 0 Å². The van der Waals surface area contributed by atoms with Gasteiger partial charge in [0.05, 0.1) is 17.1 Å². The molecule has 1 aromatic heterocycles. The van der Waals surface area contributed by atoms with Crippen LogP contribution < -0.4 is 5.73 Å². The minimum absolute atomic E-state index is 0.206. The van der Waals surface area contributed by atoms with Gasteiger partial charge in [-0.25, -0.2) is 9.78 Å². The van der Waals surface area contributed by atoms with E-state index in [1.54, 1.807) is 0 Å². The lowest BCUT2D eigenvalue weighted by molar-refractivity contribution is 0.0986. The first-order chi connectivity index (χ1) is 10.7. The number of aryl methyl sites for hydroxylation is 1. The molecule has 6 heteroatoms. The van der Waals surface area contributed by atoms with Crippen molar-refractivity contribution in [1.82, 2.24) is 14.5 Å². The first-order valence-electron chi connectivity index (χ1n) is 7.89. The smallest absolute Gasteiger partial charge is 0.407 e. The fourth-order valence-electron chi connectivity index (χ4n) is 2.81. The molecule has 1 atom stereocenters. The van der Waals surface area contributed by atoms with Crippen LogP contribution in [0.1, 0.15) is 45.5 Å². The van der Waals surface area contributed by atoms with Crippen molar-refractivity contribution >= 4 is 17.1 Å². The van der Waals surface area contributed by atoms with Crippen molar-refractivity contribution in [3.63, 3.8) is 0 Å². The molecule has 1 amide bonds. The van der Waals surface area contributed by atoms with Crippen LogP contribution in [0.3, 0.4) is 0 Å². The second-order valence-corrected chi connectivity index (χ2v) is 6.87. The summed E-state index contributed by atoms with van der Waals surface area (Å²) in [5.74, 6) is 0.837. The van der Waals surface area contributed by atoms with E-state index in [1.807, 2.05) is 56.7 Å². The molecular formula is C17H26N4O2. The molecular weight excluding hydrogens is 292 g/mol. The van der Waals surface area contributed by atoms with Crippen LogP contribution in [0.4, 0.5) is 4.79 Å². The minimum Gasteiger partial charge on any atom is -0.465 e.